The van der Waals surface area contributed by atoms with E-state index in [0.717, 1.165) is 25.7 Å². The van der Waals surface area contributed by atoms with E-state index in [2.05, 4.69) is 12.2 Å². The molecule has 0 bridgehead atoms. The van der Waals surface area contributed by atoms with E-state index in [-0.39, 0.29) is 0 Å². The van der Waals surface area contributed by atoms with Gasteiger partial charge < -0.3 is 10.1 Å². The number of esters is 1. The highest BCUT2D eigenvalue weighted by atomic mass is 19.1. The maximum Gasteiger partial charge on any atom is 0.328 e. The molecule has 0 aliphatic rings. The van der Waals surface area contributed by atoms with Crippen molar-refractivity contribution in [1.82, 2.24) is 5.32 Å². The van der Waals surface area contributed by atoms with Crippen LogP contribution in [0, 0.1) is 5.82 Å². The number of halogens is 1. The summed E-state index contributed by atoms with van der Waals surface area (Å²) in [5.74, 6) is -1.27. The van der Waals surface area contributed by atoms with Crippen LogP contribution in [0.4, 0.5) is 4.39 Å². The van der Waals surface area contributed by atoms with Gasteiger partial charge in [-0.05, 0) is 30.7 Å². The molecular formula is C16H22FNO3. The van der Waals surface area contributed by atoms with E-state index >= 15 is 0 Å². The number of carbonyl (C=O) groups excluding carboxylic acids is 2. The Hall–Kier alpha value is -1.91. The second kappa shape index (κ2) is 9.10. The summed E-state index contributed by atoms with van der Waals surface area (Å²) >= 11 is 0. The molecule has 0 radical (unpaired) electrons. The summed E-state index contributed by atoms with van der Waals surface area (Å²) in [6.07, 6.45) is 4.60. The predicted molar refractivity (Wildman–Crippen MR) is 78.4 cm³/mol. The van der Waals surface area contributed by atoms with E-state index in [1.165, 1.54) is 31.4 Å². The zero-order chi connectivity index (χ0) is 15.7. The molecule has 0 fully saturated rings. The van der Waals surface area contributed by atoms with Gasteiger partial charge in [-0.2, -0.15) is 0 Å². The SMILES string of the molecule is CCCCCC[C@H](NC(=O)c1ccc(F)cc1)C(=O)OC. The molecule has 0 saturated heterocycles. The van der Waals surface area contributed by atoms with Gasteiger partial charge in [0.1, 0.15) is 11.9 Å². The fourth-order valence-corrected chi connectivity index (χ4v) is 2.01. The summed E-state index contributed by atoms with van der Waals surface area (Å²) in [6, 6.07) is 4.53. The summed E-state index contributed by atoms with van der Waals surface area (Å²) in [4.78, 5) is 23.7. The number of benzene rings is 1. The minimum atomic E-state index is -0.663. The van der Waals surface area contributed by atoms with E-state index in [1.54, 1.807) is 0 Å². The first-order valence-corrected chi connectivity index (χ1v) is 7.22. The molecule has 1 rings (SSSR count). The number of hydrogen-bond donors (Lipinski definition) is 1. The summed E-state index contributed by atoms with van der Waals surface area (Å²) in [7, 11) is 1.30. The zero-order valence-corrected chi connectivity index (χ0v) is 12.5. The second-order valence-corrected chi connectivity index (χ2v) is 4.91. The summed E-state index contributed by atoms with van der Waals surface area (Å²) in [6.45, 7) is 2.11. The van der Waals surface area contributed by atoms with E-state index in [9.17, 15) is 14.0 Å². The largest absolute Gasteiger partial charge is 0.467 e. The molecule has 0 aromatic heterocycles. The summed E-state index contributed by atoms with van der Waals surface area (Å²) in [5.41, 5.74) is 0.318. The Morgan fingerprint density at radius 2 is 1.86 bits per heavy atom. The van der Waals surface area contributed by atoms with Crippen molar-refractivity contribution in [2.45, 2.75) is 45.1 Å². The fourth-order valence-electron chi connectivity index (χ4n) is 2.01. The van der Waals surface area contributed by atoms with Crippen molar-refractivity contribution in [3.63, 3.8) is 0 Å². The van der Waals surface area contributed by atoms with Crippen molar-refractivity contribution < 1.29 is 18.7 Å². The number of ether oxygens (including phenoxy) is 1. The lowest BCUT2D eigenvalue weighted by atomic mass is 10.1. The third-order valence-electron chi connectivity index (χ3n) is 3.24. The van der Waals surface area contributed by atoms with Crippen LogP contribution in [0.15, 0.2) is 24.3 Å². The Kier molecular flexibility index (Phi) is 7.43. The van der Waals surface area contributed by atoms with E-state index in [4.69, 9.17) is 4.74 Å². The van der Waals surface area contributed by atoms with Crippen LogP contribution in [0.3, 0.4) is 0 Å². The van der Waals surface area contributed by atoms with Gasteiger partial charge in [-0.15, -0.1) is 0 Å². The molecule has 1 aromatic carbocycles. The quantitative estimate of drug-likeness (QED) is 0.592. The van der Waals surface area contributed by atoms with Crippen molar-refractivity contribution in [1.29, 1.82) is 0 Å². The minimum absolute atomic E-state index is 0.318. The molecule has 1 amide bonds. The van der Waals surface area contributed by atoms with Crippen molar-refractivity contribution >= 4 is 11.9 Å². The Labute approximate surface area is 124 Å². The van der Waals surface area contributed by atoms with Crippen LogP contribution in [0.1, 0.15) is 49.4 Å². The van der Waals surface area contributed by atoms with Crippen LogP contribution < -0.4 is 5.32 Å². The molecule has 0 aliphatic heterocycles. The molecule has 21 heavy (non-hydrogen) atoms. The number of rotatable bonds is 8. The van der Waals surface area contributed by atoms with Crippen molar-refractivity contribution in [2.24, 2.45) is 0 Å². The average molecular weight is 295 g/mol. The fraction of sp³-hybridized carbons (Fsp3) is 0.500. The highest BCUT2D eigenvalue weighted by molar-refractivity contribution is 5.96. The van der Waals surface area contributed by atoms with E-state index < -0.39 is 23.7 Å². The average Bonchev–Trinajstić information content (AvgIpc) is 2.50. The highest BCUT2D eigenvalue weighted by Gasteiger charge is 2.21. The molecular weight excluding hydrogens is 273 g/mol. The third-order valence-corrected chi connectivity index (χ3v) is 3.24. The van der Waals surface area contributed by atoms with Gasteiger partial charge in [0.05, 0.1) is 7.11 Å². The van der Waals surface area contributed by atoms with E-state index in [1.807, 2.05) is 0 Å². The normalized spacial score (nSPS) is 11.8. The molecule has 1 N–H and O–H groups in total. The first-order valence-electron chi connectivity index (χ1n) is 7.22. The van der Waals surface area contributed by atoms with Gasteiger partial charge in [-0.25, -0.2) is 9.18 Å². The second-order valence-electron chi connectivity index (χ2n) is 4.91. The lowest BCUT2D eigenvalue weighted by Crippen LogP contribution is -2.41. The van der Waals surface area contributed by atoms with Gasteiger partial charge >= 0.3 is 5.97 Å². The standard InChI is InChI=1S/C16H22FNO3/c1-3-4-5-6-7-14(16(20)21-2)18-15(19)12-8-10-13(17)11-9-12/h8-11,14H,3-7H2,1-2H3,(H,18,19)/t14-/m0/s1. The number of nitrogens with one attached hydrogen (secondary N) is 1. The molecule has 0 saturated carbocycles. The maximum absolute atomic E-state index is 12.8. The predicted octanol–water partition coefficient (Wildman–Crippen LogP) is 3.07. The monoisotopic (exact) mass is 295 g/mol. The van der Waals surface area contributed by atoms with Crippen LogP contribution in [-0.4, -0.2) is 25.0 Å². The molecule has 1 aromatic rings. The maximum atomic E-state index is 12.8. The molecule has 0 unspecified atom stereocenters. The van der Waals surface area contributed by atoms with Crippen LogP contribution in [0.5, 0.6) is 0 Å². The number of methoxy groups -OCH3 is 1. The Morgan fingerprint density at radius 1 is 1.19 bits per heavy atom. The van der Waals surface area contributed by atoms with Crippen LogP contribution in [-0.2, 0) is 9.53 Å². The first kappa shape index (κ1) is 17.1. The molecule has 0 aliphatic carbocycles. The first-order chi connectivity index (χ1) is 10.1. The highest BCUT2D eigenvalue weighted by Crippen LogP contribution is 2.09. The smallest absolute Gasteiger partial charge is 0.328 e. The molecule has 4 nitrogen and oxygen atoms in total. The van der Waals surface area contributed by atoms with Gasteiger partial charge in [0.2, 0.25) is 0 Å². The van der Waals surface area contributed by atoms with Gasteiger partial charge in [0, 0.05) is 5.56 Å². The summed E-state index contributed by atoms with van der Waals surface area (Å²) in [5, 5.41) is 2.64. The minimum Gasteiger partial charge on any atom is -0.467 e. The number of unbranched alkanes of at least 4 members (excludes halogenated alkanes) is 3. The lowest BCUT2D eigenvalue weighted by molar-refractivity contribution is -0.143. The van der Waals surface area contributed by atoms with Crippen molar-refractivity contribution in [3.05, 3.63) is 35.6 Å². The molecule has 1 atom stereocenters. The number of hydrogen-bond acceptors (Lipinski definition) is 3. The molecule has 5 heteroatoms. The van der Waals surface area contributed by atoms with Crippen LogP contribution in [0.25, 0.3) is 0 Å². The van der Waals surface area contributed by atoms with Gasteiger partial charge in [-0.3, -0.25) is 4.79 Å². The molecule has 116 valence electrons. The van der Waals surface area contributed by atoms with E-state index in [0.29, 0.717) is 12.0 Å². The van der Waals surface area contributed by atoms with Gasteiger partial charge in [-0.1, -0.05) is 32.6 Å². The number of carbonyl (C=O) groups is 2. The number of amides is 1. The topological polar surface area (TPSA) is 55.4 Å². The Bertz CT molecular complexity index is 459. The van der Waals surface area contributed by atoms with Crippen LogP contribution >= 0.6 is 0 Å². The van der Waals surface area contributed by atoms with Gasteiger partial charge in [0.15, 0.2) is 0 Å². The van der Waals surface area contributed by atoms with Gasteiger partial charge in [0.25, 0.3) is 5.91 Å². The lowest BCUT2D eigenvalue weighted by Gasteiger charge is -2.16. The van der Waals surface area contributed by atoms with Crippen molar-refractivity contribution in [3.8, 4) is 0 Å². The molecule has 0 heterocycles. The Balaban J connectivity index is 2.60. The Morgan fingerprint density at radius 3 is 2.43 bits per heavy atom. The summed E-state index contributed by atoms with van der Waals surface area (Å²) < 4.78 is 17.5. The van der Waals surface area contributed by atoms with Crippen LogP contribution in [0.2, 0.25) is 0 Å². The zero-order valence-electron chi connectivity index (χ0n) is 12.5. The third kappa shape index (κ3) is 5.94. The molecule has 0 spiro atoms. The van der Waals surface area contributed by atoms with Crippen molar-refractivity contribution in [2.75, 3.05) is 7.11 Å².